The average molecular weight is 340 g/mol. The average Bonchev–Trinajstić information content (AvgIpc) is 3.04. The number of aromatic amines is 1. The van der Waals surface area contributed by atoms with Crippen molar-refractivity contribution in [2.45, 2.75) is 0 Å². The number of thiophene rings is 1. The van der Waals surface area contributed by atoms with Crippen LogP contribution in [0.4, 0.5) is 0 Å². The van der Waals surface area contributed by atoms with E-state index in [1.54, 1.807) is 0 Å². The Hall–Kier alpha value is -3.19. The van der Waals surface area contributed by atoms with Crippen molar-refractivity contribution < 1.29 is 15.0 Å². The van der Waals surface area contributed by atoms with Crippen molar-refractivity contribution in [2.75, 3.05) is 0 Å². The van der Waals surface area contributed by atoms with Crippen LogP contribution in [0.2, 0.25) is 0 Å². The monoisotopic (exact) mass is 340 g/mol. The van der Waals surface area contributed by atoms with Crippen LogP contribution >= 0.6 is 11.3 Å². The Morgan fingerprint density at radius 1 is 1.17 bits per heavy atom. The Morgan fingerprint density at radius 2 is 1.92 bits per heavy atom. The molecular formula is C17H12N2O4S. The first-order chi connectivity index (χ1) is 11.6. The van der Waals surface area contributed by atoms with Crippen LogP contribution in [0.3, 0.4) is 0 Å². The molecule has 2 heterocycles. The molecule has 0 saturated carbocycles. The van der Waals surface area contributed by atoms with Gasteiger partial charge in [-0.1, -0.05) is 42.5 Å². The molecule has 0 unspecified atom stereocenters. The molecule has 7 heteroatoms. The zero-order valence-corrected chi connectivity index (χ0v) is 13.1. The topological polar surface area (TPSA) is 103 Å². The van der Waals surface area contributed by atoms with Crippen LogP contribution in [0.5, 0.6) is 5.75 Å². The van der Waals surface area contributed by atoms with Crippen molar-refractivity contribution in [1.29, 1.82) is 0 Å². The third-order valence-electron chi connectivity index (χ3n) is 3.26. The van der Waals surface area contributed by atoms with E-state index >= 15 is 0 Å². The third-order valence-corrected chi connectivity index (χ3v) is 4.20. The normalized spacial score (nSPS) is 11.0. The fourth-order valence-electron chi connectivity index (χ4n) is 2.12. The number of H-pyrrole nitrogens is 1. The Kier molecular flexibility index (Phi) is 4.26. The number of aromatic nitrogens is 2. The predicted molar refractivity (Wildman–Crippen MR) is 92.2 cm³/mol. The van der Waals surface area contributed by atoms with Crippen molar-refractivity contribution in [3.8, 4) is 16.5 Å². The minimum Gasteiger partial charge on any atom is -0.501 e. The van der Waals surface area contributed by atoms with Crippen LogP contribution < -0.4 is 5.56 Å². The third kappa shape index (κ3) is 3.11. The van der Waals surface area contributed by atoms with Gasteiger partial charge in [-0.3, -0.25) is 4.79 Å². The number of nitrogens with zero attached hydrogens (tertiary/aromatic N) is 1. The fraction of sp³-hybridized carbons (Fsp3) is 0. The maximum Gasteiger partial charge on any atom is 0.358 e. The van der Waals surface area contributed by atoms with E-state index in [2.05, 4.69) is 9.97 Å². The zero-order chi connectivity index (χ0) is 17.1. The summed E-state index contributed by atoms with van der Waals surface area (Å²) in [5.74, 6) is -2.25. The molecule has 0 amide bonds. The predicted octanol–water partition coefficient (Wildman–Crippen LogP) is 3.07. The second-order valence-electron chi connectivity index (χ2n) is 4.87. The van der Waals surface area contributed by atoms with E-state index in [0.717, 1.165) is 11.1 Å². The second-order valence-corrected chi connectivity index (χ2v) is 5.78. The highest BCUT2D eigenvalue weighted by Crippen LogP contribution is 2.28. The lowest BCUT2D eigenvalue weighted by Gasteiger charge is -2.03. The van der Waals surface area contributed by atoms with Gasteiger partial charge in [0.15, 0.2) is 11.5 Å². The highest BCUT2D eigenvalue weighted by atomic mass is 32.1. The number of carboxylic acid groups (broad SMARTS) is 1. The highest BCUT2D eigenvalue weighted by Gasteiger charge is 2.18. The second kappa shape index (κ2) is 6.51. The smallest absolute Gasteiger partial charge is 0.358 e. The van der Waals surface area contributed by atoms with Gasteiger partial charge in [-0.15, -0.1) is 11.3 Å². The van der Waals surface area contributed by atoms with Crippen molar-refractivity contribution in [3.05, 3.63) is 69.0 Å². The van der Waals surface area contributed by atoms with E-state index < -0.39 is 23.0 Å². The van der Waals surface area contributed by atoms with E-state index in [1.807, 2.05) is 53.9 Å². The lowest BCUT2D eigenvalue weighted by atomic mass is 10.1. The Bertz CT molecular complexity index is 974. The summed E-state index contributed by atoms with van der Waals surface area (Å²) in [7, 11) is 0. The van der Waals surface area contributed by atoms with E-state index in [0.29, 0.717) is 4.88 Å². The maximum atomic E-state index is 11.7. The summed E-state index contributed by atoms with van der Waals surface area (Å²) in [6.07, 6.45) is 3.76. The number of nitrogens with one attached hydrogen (secondary N) is 1. The van der Waals surface area contributed by atoms with Crippen molar-refractivity contribution >= 4 is 29.5 Å². The Labute approximate surface area is 140 Å². The number of aromatic carboxylic acids is 1. The number of aromatic hydroxyl groups is 1. The molecule has 6 nitrogen and oxygen atoms in total. The summed E-state index contributed by atoms with van der Waals surface area (Å²) in [6, 6.07) is 11.5. The fourth-order valence-corrected chi connectivity index (χ4v) is 2.95. The van der Waals surface area contributed by atoms with Crippen LogP contribution in [0, 0.1) is 0 Å². The van der Waals surface area contributed by atoms with Crippen LogP contribution in [0.15, 0.2) is 46.6 Å². The van der Waals surface area contributed by atoms with Crippen LogP contribution in [-0.2, 0) is 0 Å². The van der Waals surface area contributed by atoms with Gasteiger partial charge in [-0.05, 0) is 22.6 Å². The molecule has 120 valence electrons. The maximum absolute atomic E-state index is 11.7. The van der Waals surface area contributed by atoms with Crippen molar-refractivity contribution in [2.24, 2.45) is 0 Å². The molecule has 0 radical (unpaired) electrons. The molecule has 2 aromatic heterocycles. The molecule has 0 saturated heterocycles. The first-order valence-corrected chi connectivity index (χ1v) is 7.82. The minimum atomic E-state index is -1.46. The number of hydrogen-bond donors (Lipinski definition) is 3. The molecule has 0 fully saturated rings. The molecule has 0 aliphatic rings. The SMILES string of the molecule is O=C(O)c1nc(-c2sccc2/C=C/c2ccccc2)[nH]c(=O)c1O. The first-order valence-electron chi connectivity index (χ1n) is 6.94. The molecule has 24 heavy (non-hydrogen) atoms. The van der Waals surface area contributed by atoms with Crippen LogP contribution in [0.1, 0.15) is 21.6 Å². The molecule has 0 atom stereocenters. The van der Waals surface area contributed by atoms with Crippen LogP contribution in [0.25, 0.3) is 22.9 Å². The molecule has 1 aromatic carbocycles. The lowest BCUT2D eigenvalue weighted by Crippen LogP contribution is -2.15. The summed E-state index contributed by atoms with van der Waals surface area (Å²) in [6.45, 7) is 0. The molecule has 0 aliphatic heterocycles. The van der Waals surface area contributed by atoms with E-state index in [-0.39, 0.29) is 5.82 Å². The first kappa shape index (κ1) is 15.7. The van der Waals surface area contributed by atoms with Crippen molar-refractivity contribution in [3.63, 3.8) is 0 Å². The van der Waals surface area contributed by atoms with Gasteiger partial charge >= 0.3 is 5.97 Å². The number of carbonyl (C=O) groups is 1. The number of benzene rings is 1. The van der Waals surface area contributed by atoms with Gasteiger partial charge in [0.05, 0.1) is 4.88 Å². The minimum absolute atomic E-state index is 0.109. The van der Waals surface area contributed by atoms with Gasteiger partial charge < -0.3 is 15.2 Å². The van der Waals surface area contributed by atoms with Gasteiger partial charge in [-0.2, -0.15) is 0 Å². The van der Waals surface area contributed by atoms with Gasteiger partial charge in [0.1, 0.15) is 0 Å². The molecule has 3 aromatic rings. The van der Waals surface area contributed by atoms with Gasteiger partial charge in [0, 0.05) is 0 Å². The molecule has 3 rings (SSSR count). The van der Waals surface area contributed by atoms with Crippen molar-refractivity contribution in [1.82, 2.24) is 9.97 Å². The molecule has 3 N–H and O–H groups in total. The Balaban J connectivity index is 2.04. The number of rotatable bonds is 4. The largest absolute Gasteiger partial charge is 0.501 e. The summed E-state index contributed by atoms with van der Waals surface area (Å²) in [5.41, 5.74) is 0.242. The molecule has 0 spiro atoms. The highest BCUT2D eigenvalue weighted by molar-refractivity contribution is 7.13. The summed E-state index contributed by atoms with van der Waals surface area (Å²) < 4.78 is 0. The van der Waals surface area contributed by atoms with Gasteiger partial charge in [-0.25, -0.2) is 9.78 Å². The van der Waals surface area contributed by atoms with Crippen LogP contribution in [-0.4, -0.2) is 26.2 Å². The lowest BCUT2D eigenvalue weighted by molar-refractivity contribution is 0.0686. The van der Waals surface area contributed by atoms with Gasteiger partial charge in [0.2, 0.25) is 5.75 Å². The van der Waals surface area contributed by atoms with Gasteiger partial charge in [0.25, 0.3) is 5.56 Å². The zero-order valence-electron chi connectivity index (χ0n) is 12.3. The Morgan fingerprint density at radius 3 is 2.62 bits per heavy atom. The molecule has 0 aliphatic carbocycles. The summed E-state index contributed by atoms with van der Waals surface area (Å²) in [4.78, 5) is 29.7. The van der Waals surface area contributed by atoms with E-state index in [1.165, 1.54) is 11.3 Å². The van der Waals surface area contributed by atoms with E-state index in [4.69, 9.17) is 5.11 Å². The number of carboxylic acids is 1. The summed E-state index contributed by atoms with van der Waals surface area (Å²) in [5, 5.41) is 20.4. The quantitative estimate of drug-likeness (QED) is 0.677. The molecule has 0 bridgehead atoms. The molecular weight excluding hydrogens is 328 g/mol. The summed E-state index contributed by atoms with van der Waals surface area (Å²) >= 11 is 1.31. The number of hydrogen-bond acceptors (Lipinski definition) is 5. The standard InChI is InChI=1S/C17H12N2O4S/c20-13-12(17(22)23)18-15(19-16(13)21)14-11(8-9-24-14)7-6-10-4-2-1-3-5-10/h1-9,20H,(H,22,23)(H,18,19,21)/b7-6+. The van der Waals surface area contributed by atoms with E-state index in [9.17, 15) is 14.7 Å².